The molecule has 0 bridgehead atoms. The number of nitro groups is 1. The van der Waals surface area contributed by atoms with Gasteiger partial charge in [-0.1, -0.05) is 18.5 Å². The van der Waals surface area contributed by atoms with Crippen LogP contribution in [0.2, 0.25) is 5.02 Å². The van der Waals surface area contributed by atoms with E-state index in [1.54, 1.807) is 4.90 Å². The van der Waals surface area contributed by atoms with Gasteiger partial charge in [-0.05, 0) is 44.0 Å². The van der Waals surface area contributed by atoms with Gasteiger partial charge in [0, 0.05) is 24.2 Å². The van der Waals surface area contributed by atoms with Crippen molar-refractivity contribution in [2.45, 2.75) is 19.8 Å². The highest BCUT2D eigenvalue weighted by Gasteiger charge is 2.28. The maximum Gasteiger partial charge on any atom is 0.283 e. The summed E-state index contributed by atoms with van der Waals surface area (Å²) in [6, 6.07) is 4.18. The van der Waals surface area contributed by atoms with Gasteiger partial charge in [0.2, 0.25) is 0 Å². The van der Waals surface area contributed by atoms with Gasteiger partial charge in [-0.2, -0.15) is 0 Å². The van der Waals surface area contributed by atoms with Gasteiger partial charge >= 0.3 is 0 Å². The van der Waals surface area contributed by atoms with Crippen LogP contribution in [0.25, 0.3) is 0 Å². The zero-order valence-electron chi connectivity index (χ0n) is 13.0. The average molecular weight is 362 g/mol. The van der Waals surface area contributed by atoms with Gasteiger partial charge in [0.05, 0.1) is 4.92 Å². The second kappa shape index (κ2) is 9.05. The van der Waals surface area contributed by atoms with E-state index in [0.29, 0.717) is 19.0 Å². The van der Waals surface area contributed by atoms with E-state index in [4.69, 9.17) is 11.6 Å². The third-order valence-electron chi connectivity index (χ3n) is 3.97. The zero-order valence-corrected chi connectivity index (χ0v) is 14.5. The third-order valence-corrected chi connectivity index (χ3v) is 4.21. The summed E-state index contributed by atoms with van der Waals surface area (Å²) in [7, 11) is 0. The largest absolute Gasteiger partial charge is 0.338 e. The summed E-state index contributed by atoms with van der Waals surface area (Å²) in [6.45, 7) is 5.23. The van der Waals surface area contributed by atoms with Crippen molar-refractivity contribution in [3.05, 3.63) is 38.9 Å². The number of hydrogen-bond acceptors (Lipinski definition) is 4. The van der Waals surface area contributed by atoms with Gasteiger partial charge < -0.3 is 10.2 Å². The van der Waals surface area contributed by atoms with Gasteiger partial charge in [0.1, 0.15) is 5.56 Å². The van der Waals surface area contributed by atoms with Gasteiger partial charge in [-0.15, -0.1) is 12.4 Å². The number of nitrogens with zero attached hydrogens (tertiary/aromatic N) is 2. The van der Waals surface area contributed by atoms with Crippen molar-refractivity contribution in [3.63, 3.8) is 0 Å². The predicted octanol–water partition coefficient (Wildman–Crippen LogP) is 3.13. The van der Waals surface area contributed by atoms with Crippen LogP contribution in [0.5, 0.6) is 0 Å². The summed E-state index contributed by atoms with van der Waals surface area (Å²) in [4.78, 5) is 24.8. The molecular formula is C15H21Cl2N3O3. The number of hydrogen-bond donors (Lipinski definition) is 1. The van der Waals surface area contributed by atoms with Gasteiger partial charge in [-0.25, -0.2) is 0 Å². The topological polar surface area (TPSA) is 75.5 Å². The predicted molar refractivity (Wildman–Crippen MR) is 92.5 cm³/mol. The lowest BCUT2D eigenvalue weighted by atomic mass is 9.96. The minimum absolute atomic E-state index is 0. The molecule has 1 aromatic carbocycles. The van der Waals surface area contributed by atoms with Crippen LogP contribution in [-0.4, -0.2) is 41.9 Å². The molecule has 6 nitrogen and oxygen atoms in total. The standard InChI is InChI=1S/C15H20ClN3O3.ClH/c1-2-17-10-11-5-7-18(8-6-11)15(20)13-4-3-12(16)9-14(13)19(21)22;/h3-4,9,11,17H,2,5-8,10H2,1H3;1H. The summed E-state index contributed by atoms with van der Waals surface area (Å²) in [5.74, 6) is 0.273. The lowest BCUT2D eigenvalue weighted by Crippen LogP contribution is -2.41. The van der Waals surface area contributed by atoms with E-state index in [1.165, 1.54) is 18.2 Å². The van der Waals surface area contributed by atoms with Crippen molar-refractivity contribution in [2.24, 2.45) is 5.92 Å². The lowest BCUT2D eigenvalue weighted by Gasteiger charge is -2.32. The second-order valence-electron chi connectivity index (χ2n) is 5.46. The molecule has 1 aromatic rings. The maximum absolute atomic E-state index is 12.5. The Hall–Kier alpha value is -1.37. The number of nitro benzene ring substituents is 1. The summed E-state index contributed by atoms with van der Waals surface area (Å²) in [5.41, 5.74) is -0.119. The molecular weight excluding hydrogens is 341 g/mol. The molecule has 1 fully saturated rings. The van der Waals surface area contributed by atoms with Crippen molar-refractivity contribution in [1.29, 1.82) is 0 Å². The Morgan fingerprint density at radius 3 is 2.65 bits per heavy atom. The molecule has 0 saturated carbocycles. The highest BCUT2D eigenvalue weighted by molar-refractivity contribution is 6.31. The Morgan fingerprint density at radius 2 is 2.09 bits per heavy atom. The minimum atomic E-state index is -0.558. The third kappa shape index (κ3) is 5.06. The van der Waals surface area contributed by atoms with Crippen LogP contribution in [0.3, 0.4) is 0 Å². The molecule has 1 N–H and O–H groups in total. The van der Waals surface area contributed by atoms with Crippen LogP contribution in [0.4, 0.5) is 5.69 Å². The first kappa shape index (κ1) is 19.7. The fraction of sp³-hybridized carbons (Fsp3) is 0.533. The Morgan fingerprint density at radius 1 is 1.43 bits per heavy atom. The minimum Gasteiger partial charge on any atom is -0.338 e. The first-order valence-corrected chi connectivity index (χ1v) is 7.84. The number of carbonyl (C=O) groups is 1. The zero-order chi connectivity index (χ0) is 16.1. The fourth-order valence-corrected chi connectivity index (χ4v) is 2.86. The molecule has 1 aliphatic rings. The average Bonchev–Trinajstić information content (AvgIpc) is 2.52. The molecule has 1 amide bonds. The first-order valence-electron chi connectivity index (χ1n) is 7.46. The smallest absolute Gasteiger partial charge is 0.283 e. The van der Waals surface area contributed by atoms with Crippen molar-refractivity contribution in [3.8, 4) is 0 Å². The van der Waals surface area contributed by atoms with E-state index >= 15 is 0 Å². The molecule has 1 aliphatic heterocycles. The number of piperidine rings is 1. The van der Waals surface area contributed by atoms with Crippen molar-refractivity contribution in [2.75, 3.05) is 26.2 Å². The van der Waals surface area contributed by atoms with Crippen LogP contribution in [0.15, 0.2) is 18.2 Å². The number of benzene rings is 1. The van der Waals surface area contributed by atoms with Gasteiger partial charge in [0.15, 0.2) is 0 Å². The van der Waals surface area contributed by atoms with E-state index in [2.05, 4.69) is 12.2 Å². The van der Waals surface area contributed by atoms with Crippen LogP contribution in [0.1, 0.15) is 30.1 Å². The number of carbonyl (C=O) groups excluding carboxylic acids is 1. The van der Waals surface area contributed by atoms with E-state index < -0.39 is 4.92 Å². The van der Waals surface area contributed by atoms with Crippen LogP contribution < -0.4 is 5.32 Å². The number of halogens is 2. The lowest BCUT2D eigenvalue weighted by molar-refractivity contribution is -0.385. The fourth-order valence-electron chi connectivity index (χ4n) is 2.70. The SMILES string of the molecule is CCNCC1CCN(C(=O)c2ccc(Cl)cc2[N+](=O)[O-])CC1.Cl. The maximum atomic E-state index is 12.5. The molecule has 8 heteroatoms. The highest BCUT2D eigenvalue weighted by Crippen LogP contribution is 2.26. The summed E-state index contributed by atoms with van der Waals surface area (Å²) in [5, 5.41) is 14.7. The molecule has 0 radical (unpaired) electrons. The highest BCUT2D eigenvalue weighted by atomic mass is 35.5. The molecule has 0 spiro atoms. The molecule has 23 heavy (non-hydrogen) atoms. The molecule has 0 atom stereocenters. The van der Waals surface area contributed by atoms with Crippen LogP contribution in [-0.2, 0) is 0 Å². The van der Waals surface area contributed by atoms with Crippen molar-refractivity contribution < 1.29 is 9.72 Å². The van der Waals surface area contributed by atoms with E-state index in [9.17, 15) is 14.9 Å². The van der Waals surface area contributed by atoms with Crippen LogP contribution >= 0.6 is 24.0 Å². The van der Waals surface area contributed by atoms with Crippen LogP contribution in [0, 0.1) is 16.0 Å². The molecule has 1 heterocycles. The monoisotopic (exact) mass is 361 g/mol. The summed E-state index contributed by atoms with van der Waals surface area (Å²) >= 11 is 5.78. The summed E-state index contributed by atoms with van der Waals surface area (Å²) < 4.78 is 0. The normalized spacial score (nSPS) is 15.1. The van der Waals surface area contributed by atoms with E-state index in [-0.39, 0.29) is 34.6 Å². The quantitative estimate of drug-likeness (QED) is 0.645. The van der Waals surface area contributed by atoms with Crippen molar-refractivity contribution >= 4 is 35.6 Å². The summed E-state index contributed by atoms with van der Waals surface area (Å²) in [6.07, 6.45) is 1.83. The van der Waals surface area contributed by atoms with Gasteiger partial charge in [0.25, 0.3) is 11.6 Å². The van der Waals surface area contributed by atoms with Gasteiger partial charge in [-0.3, -0.25) is 14.9 Å². The molecule has 1 saturated heterocycles. The molecule has 0 unspecified atom stereocenters. The Labute approximate surface area is 146 Å². The molecule has 2 rings (SSSR count). The second-order valence-corrected chi connectivity index (χ2v) is 5.90. The molecule has 0 aromatic heterocycles. The number of rotatable bonds is 5. The Balaban J connectivity index is 0.00000264. The molecule has 128 valence electrons. The van der Waals surface area contributed by atoms with E-state index in [1.807, 2.05) is 0 Å². The number of likely N-dealkylation sites (tertiary alicyclic amines) is 1. The molecule has 0 aliphatic carbocycles. The number of nitrogens with one attached hydrogen (secondary N) is 1. The Kier molecular flexibility index (Phi) is 7.75. The Bertz CT molecular complexity index is 561. The number of amides is 1. The first-order chi connectivity index (χ1) is 10.5. The van der Waals surface area contributed by atoms with Crippen molar-refractivity contribution in [1.82, 2.24) is 10.2 Å². The van der Waals surface area contributed by atoms with E-state index in [0.717, 1.165) is 25.9 Å².